The monoisotopic (exact) mass is 288 g/mol. The van der Waals surface area contributed by atoms with E-state index in [-0.39, 0.29) is 6.61 Å². The summed E-state index contributed by atoms with van der Waals surface area (Å²) in [6.07, 6.45) is 11.6. The number of hydrogen-bond acceptors (Lipinski definition) is 3. The van der Waals surface area contributed by atoms with Crippen LogP contribution in [0.4, 0.5) is 0 Å². The zero-order valence-corrected chi connectivity index (χ0v) is 13.6. The first-order valence-electron chi connectivity index (χ1n) is 8.55. The third-order valence-electron chi connectivity index (χ3n) is 3.91. The quantitative estimate of drug-likeness (QED) is 0.428. The van der Waals surface area contributed by atoms with E-state index in [0.717, 1.165) is 18.8 Å². The molecule has 0 saturated carbocycles. The van der Waals surface area contributed by atoms with Crippen LogP contribution in [-0.4, -0.2) is 34.1 Å². The van der Waals surface area contributed by atoms with Crippen molar-refractivity contribution in [1.29, 1.82) is 0 Å². The lowest BCUT2D eigenvalue weighted by molar-refractivity contribution is -0.0185. The van der Waals surface area contributed by atoms with Gasteiger partial charge in [0.2, 0.25) is 0 Å². The van der Waals surface area contributed by atoms with Gasteiger partial charge in [0.05, 0.1) is 12.7 Å². The van der Waals surface area contributed by atoms with E-state index in [1.807, 2.05) is 0 Å². The molecule has 2 atom stereocenters. The Morgan fingerprint density at radius 1 is 0.600 bits per heavy atom. The summed E-state index contributed by atoms with van der Waals surface area (Å²) in [4.78, 5) is 0. The predicted octanol–water partition coefficient (Wildman–Crippen LogP) is 3.65. The van der Waals surface area contributed by atoms with Gasteiger partial charge in [0.15, 0.2) is 0 Å². The van der Waals surface area contributed by atoms with Gasteiger partial charge >= 0.3 is 0 Å². The Labute approximate surface area is 125 Å². The number of hydrogen-bond donors (Lipinski definition) is 3. The van der Waals surface area contributed by atoms with Gasteiger partial charge < -0.3 is 15.3 Å². The van der Waals surface area contributed by atoms with E-state index in [9.17, 15) is 10.2 Å². The van der Waals surface area contributed by atoms with Crippen molar-refractivity contribution in [2.75, 3.05) is 6.61 Å². The van der Waals surface area contributed by atoms with E-state index in [1.165, 1.54) is 51.4 Å². The number of aliphatic hydroxyl groups is 3. The van der Waals surface area contributed by atoms with Crippen LogP contribution in [0.5, 0.6) is 0 Å². The fourth-order valence-electron chi connectivity index (χ4n) is 2.46. The van der Waals surface area contributed by atoms with Gasteiger partial charge in [0.1, 0.15) is 6.10 Å². The minimum Gasteiger partial charge on any atom is -0.394 e. The SMILES string of the molecule is CC(C)CCCCCCCCCCC[C@@H](O)[C@@H](O)CO. The molecule has 0 aromatic heterocycles. The van der Waals surface area contributed by atoms with Crippen molar-refractivity contribution in [3.05, 3.63) is 0 Å². The van der Waals surface area contributed by atoms with Crippen LogP contribution in [0.3, 0.4) is 0 Å². The molecular weight excluding hydrogens is 252 g/mol. The second-order valence-corrected chi connectivity index (χ2v) is 6.47. The van der Waals surface area contributed by atoms with Gasteiger partial charge in [-0.15, -0.1) is 0 Å². The summed E-state index contributed by atoms with van der Waals surface area (Å²) in [6.45, 7) is 4.23. The Morgan fingerprint density at radius 3 is 1.40 bits per heavy atom. The minimum atomic E-state index is -0.971. The molecule has 0 rings (SSSR count). The molecule has 3 nitrogen and oxygen atoms in total. The molecule has 0 bridgehead atoms. The second-order valence-electron chi connectivity index (χ2n) is 6.47. The summed E-state index contributed by atoms with van der Waals surface area (Å²) in [5, 5.41) is 27.4. The fourth-order valence-corrected chi connectivity index (χ4v) is 2.46. The van der Waals surface area contributed by atoms with Crippen molar-refractivity contribution in [2.24, 2.45) is 5.92 Å². The number of unbranched alkanes of at least 4 members (excludes halogenated alkanes) is 8. The summed E-state index contributed by atoms with van der Waals surface area (Å²) in [5.41, 5.74) is 0. The van der Waals surface area contributed by atoms with Crippen molar-refractivity contribution in [3.63, 3.8) is 0 Å². The molecule has 122 valence electrons. The smallest absolute Gasteiger partial charge is 0.103 e. The third kappa shape index (κ3) is 12.9. The maximum absolute atomic E-state index is 9.47. The largest absolute Gasteiger partial charge is 0.394 e. The van der Waals surface area contributed by atoms with Crippen LogP contribution in [0.1, 0.15) is 84.5 Å². The molecule has 0 heterocycles. The van der Waals surface area contributed by atoms with Crippen LogP contribution in [0.2, 0.25) is 0 Å². The van der Waals surface area contributed by atoms with Crippen LogP contribution in [-0.2, 0) is 0 Å². The molecule has 3 N–H and O–H groups in total. The molecule has 0 fully saturated rings. The molecule has 0 aliphatic heterocycles. The highest BCUT2D eigenvalue weighted by atomic mass is 16.4. The maximum atomic E-state index is 9.47. The lowest BCUT2D eigenvalue weighted by atomic mass is 10.0. The van der Waals surface area contributed by atoms with E-state index in [2.05, 4.69) is 13.8 Å². The molecule has 0 radical (unpaired) electrons. The molecule has 0 aliphatic rings. The second kappa shape index (κ2) is 13.8. The Bertz CT molecular complexity index is 195. The first-order chi connectivity index (χ1) is 9.57. The predicted molar refractivity (Wildman–Crippen MR) is 84.7 cm³/mol. The topological polar surface area (TPSA) is 60.7 Å². The molecule has 0 aromatic rings. The van der Waals surface area contributed by atoms with Gasteiger partial charge in [-0.05, 0) is 12.3 Å². The number of rotatable bonds is 14. The van der Waals surface area contributed by atoms with Crippen molar-refractivity contribution < 1.29 is 15.3 Å². The highest BCUT2D eigenvalue weighted by Crippen LogP contribution is 2.14. The maximum Gasteiger partial charge on any atom is 0.103 e. The highest BCUT2D eigenvalue weighted by molar-refractivity contribution is 4.65. The van der Waals surface area contributed by atoms with Crippen LogP contribution < -0.4 is 0 Å². The first-order valence-corrected chi connectivity index (χ1v) is 8.55. The van der Waals surface area contributed by atoms with Crippen LogP contribution >= 0.6 is 0 Å². The molecule has 0 aromatic carbocycles. The molecule has 0 amide bonds. The zero-order chi connectivity index (χ0) is 15.2. The van der Waals surface area contributed by atoms with Crippen molar-refractivity contribution in [2.45, 2.75) is 96.7 Å². The molecule has 0 unspecified atom stereocenters. The zero-order valence-electron chi connectivity index (χ0n) is 13.6. The summed E-state index contributed by atoms with van der Waals surface area (Å²) in [5.74, 6) is 0.842. The Morgan fingerprint density at radius 2 is 1.00 bits per heavy atom. The van der Waals surface area contributed by atoms with Gasteiger partial charge in [-0.25, -0.2) is 0 Å². The van der Waals surface area contributed by atoms with Gasteiger partial charge in [0.25, 0.3) is 0 Å². The average molecular weight is 288 g/mol. The lowest BCUT2D eigenvalue weighted by Gasteiger charge is -2.14. The molecule has 3 heteroatoms. The van der Waals surface area contributed by atoms with Crippen molar-refractivity contribution in [3.8, 4) is 0 Å². The standard InChI is InChI=1S/C17H36O3/c1-15(2)12-10-8-6-4-3-5-7-9-11-13-16(19)17(20)14-18/h15-20H,3-14H2,1-2H3/t16-,17+/m1/s1. The van der Waals surface area contributed by atoms with E-state index in [4.69, 9.17) is 5.11 Å². The molecule has 0 spiro atoms. The molecule has 0 saturated heterocycles. The average Bonchev–Trinajstić information content (AvgIpc) is 2.43. The van der Waals surface area contributed by atoms with Gasteiger partial charge in [-0.1, -0.05) is 78.1 Å². The van der Waals surface area contributed by atoms with Crippen LogP contribution in [0, 0.1) is 5.92 Å². The van der Waals surface area contributed by atoms with Gasteiger partial charge in [-0.2, -0.15) is 0 Å². The summed E-state index contributed by atoms with van der Waals surface area (Å²) < 4.78 is 0. The summed E-state index contributed by atoms with van der Waals surface area (Å²) in [6, 6.07) is 0. The normalized spacial score (nSPS) is 14.7. The summed E-state index contributed by atoms with van der Waals surface area (Å²) in [7, 11) is 0. The van der Waals surface area contributed by atoms with E-state index in [0.29, 0.717) is 6.42 Å². The Kier molecular flexibility index (Phi) is 13.8. The fraction of sp³-hybridized carbons (Fsp3) is 1.00. The first kappa shape index (κ1) is 19.9. The summed E-state index contributed by atoms with van der Waals surface area (Å²) >= 11 is 0. The molecular formula is C17H36O3. The van der Waals surface area contributed by atoms with Crippen molar-refractivity contribution >= 4 is 0 Å². The third-order valence-corrected chi connectivity index (χ3v) is 3.91. The van der Waals surface area contributed by atoms with Crippen molar-refractivity contribution in [1.82, 2.24) is 0 Å². The lowest BCUT2D eigenvalue weighted by Crippen LogP contribution is -2.28. The Hall–Kier alpha value is -0.120. The van der Waals surface area contributed by atoms with E-state index >= 15 is 0 Å². The van der Waals surface area contributed by atoms with Gasteiger partial charge in [-0.3, -0.25) is 0 Å². The van der Waals surface area contributed by atoms with E-state index < -0.39 is 12.2 Å². The minimum absolute atomic E-state index is 0.349. The molecule has 20 heavy (non-hydrogen) atoms. The van der Waals surface area contributed by atoms with Crippen LogP contribution in [0.15, 0.2) is 0 Å². The highest BCUT2D eigenvalue weighted by Gasteiger charge is 2.13. The number of aliphatic hydroxyl groups excluding tert-OH is 3. The Balaban J connectivity index is 3.13. The van der Waals surface area contributed by atoms with Crippen LogP contribution in [0.25, 0.3) is 0 Å². The molecule has 0 aliphatic carbocycles. The van der Waals surface area contributed by atoms with E-state index in [1.54, 1.807) is 0 Å². The van der Waals surface area contributed by atoms with Gasteiger partial charge in [0, 0.05) is 0 Å².